The lowest BCUT2D eigenvalue weighted by molar-refractivity contribution is 0.0736. The SMILES string of the molecule is O=C(c1cc(-c2cccnc2)on1)N1CCN(c2cc(-n3cccn3)ncn2)CC1. The molecule has 0 saturated carbocycles. The lowest BCUT2D eigenvalue weighted by Crippen LogP contribution is -2.49. The van der Waals surface area contributed by atoms with Gasteiger partial charge in [0.15, 0.2) is 17.3 Å². The van der Waals surface area contributed by atoms with Crippen molar-refractivity contribution in [3.63, 3.8) is 0 Å². The van der Waals surface area contributed by atoms with Crippen molar-refractivity contribution < 1.29 is 9.32 Å². The van der Waals surface area contributed by atoms with Crippen molar-refractivity contribution in [2.75, 3.05) is 31.1 Å². The first-order chi connectivity index (χ1) is 14.8. The molecule has 0 radical (unpaired) electrons. The van der Waals surface area contributed by atoms with Crippen LogP contribution >= 0.6 is 0 Å². The van der Waals surface area contributed by atoms with E-state index in [9.17, 15) is 4.79 Å². The lowest BCUT2D eigenvalue weighted by atomic mass is 10.2. The summed E-state index contributed by atoms with van der Waals surface area (Å²) in [4.78, 5) is 29.4. The van der Waals surface area contributed by atoms with E-state index in [0.717, 1.165) is 11.4 Å². The quantitative estimate of drug-likeness (QED) is 0.508. The van der Waals surface area contributed by atoms with Crippen LogP contribution in [0, 0.1) is 0 Å². The van der Waals surface area contributed by atoms with Gasteiger partial charge in [-0.15, -0.1) is 0 Å². The van der Waals surface area contributed by atoms with Gasteiger partial charge in [0.05, 0.1) is 0 Å². The van der Waals surface area contributed by atoms with Gasteiger partial charge >= 0.3 is 0 Å². The molecular weight excluding hydrogens is 384 g/mol. The number of hydrogen-bond donors (Lipinski definition) is 0. The zero-order valence-electron chi connectivity index (χ0n) is 16.0. The third-order valence-electron chi connectivity index (χ3n) is 4.94. The third-order valence-corrected chi connectivity index (χ3v) is 4.94. The molecule has 1 saturated heterocycles. The maximum absolute atomic E-state index is 12.8. The van der Waals surface area contributed by atoms with Crippen LogP contribution < -0.4 is 4.90 Å². The van der Waals surface area contributed by atoms with Gasteiger partial charge in [-0.1, -0.05) is 5.16 Å². The number of nitrogens with zero attached hydrogens (tertiary/aromatic N) is 8. The number of hydrogen-bond acceptors (Lipinski definition) is 8. The zero-order chi connectivity index (χ0) is 20.3. The van der Waals surface area contributed by atoms with Gasteiger partial charge in [-0.3, -0.25) is 9.78 Å². The zero-order valence-corrected chi connectivity index (χ0v) is 16.0. The second kappa shape index (κ2) is 7.74. The van der Waals surface area contributed by atoms with E-state index in [4.69, 9.17) is 4.52 Å². The van der Waals surface area contributed by atoms with Crippen LogP contribution in [0.4, 0.5) is 5.82 Å². The Morgan fingerprint density at radius 2 is 1.87 bits per heavy atom. The molecule has 1 aliphatic heterocycles. The predicted octanol–water partition coefficient (Wildman–Crippen LogP) is 1.67. The number of rotatable bonds is 4. The summed E-state index contributed by atoms with van der Waals surface area (Å²) >= 11 is 0. The Morgan fingerprint density at radius 3 is 2.63 bits per heavy atom. The number of amides is 1. The predicted molar refractivity (Wildman–Crippen MR) is 107 cm³/mol. The summed E-state index contributed by atoms with van der Waals surface area (Å²) in [5, 5.41) is 8.15. The Morgan fingerprint density at radius 1 is 1.00 bits per heavy atom. The largest absolute Gasteiger partial charge is 0.355 e. The van der Waals surface area contributed by atoms with Crippen molar-refractivity contribution in [2.45, 2.75) is 0 Å². The highest BCUT2D eigenvalue weighted by atomic mass is 16.5. The minimum atomic E-state index is -0.145. The molecule has 0 aromatic carbocycles. The van der Waals surface area contributed by atoms with Crippen LogP contribution in [0.5, 0.6) is 0 Å². The van der Waals surface area contributed by atoms with Crippen molar-refractivity contribution >= 4 is 11.7 Å². The number of piperazine rings is 1. The van der Waals surface area contributed by atoms with Crippen LogP contribution in [-0.4, -0.2) is 66.9 Å². The average molecular weight is 402 g/mol. The molecule has 4 aromatic heterocycles. The highest BCUT2D eigenvalue weighted by molar-refractivity contribution is 5.93. The summed E-state index contributed by atoms with van der Waals surface area (Å²) in [6.07, 6.45) is 8.42. The normalized spacial score (nSPS) is 14.1. The van der Waals surface area contributed by atoms with Crippen LogP contribution in [0.3, 0.4) is 0 Å². The van der Waals surface area contributed by atoms with Crippen LogP contribution in [-0.2, 0) is 0 Å². The Kier molecular flexibility index (Phi) is 4.64. The van der Waals surface area contributed by atoms with Crippen molar-refractivity contribution in [3.8, 4) is 17.1 Å². The van der Waals surface area contributed by atoms with Gasteiger partial charge < -0.3 is 14.3 Å². The lowest BCUT2D eigenvalue weighted by Gasteiger charge is -2.35. The first-order valence-electron chi connectivity index (χ1n) is 9.51. The minimum absolute atomic E-state index is 0.145. The first-order valence-corrected chi connectivity index (χ1v) is 9.51. The van der Waals surface area contributed by atoms with Gasteiger partial charge in [0.2, 0.25) is 0 Å². The van der Waals surface area contributed by atoms with Crippen molar-refractivity contribution in [1.29, 1.82) is 0 Å². The van der Waals surface area contributed by atoms with Crippen molar-refractivity contribution in [2.24, 2.45) is 0 Å². The fraction of sp³-hybridized carbons (Fsp3) is 0.200. The maximum atomic E-state index is 12.8. The molecule has 5 rings (SSSR count). The minimum Gasteiger partial charge on any atom is -0.355 e. The molecule has 1 amide bonds. The molecule has 0 unspecified atom stereocenters. The Bertz CT molecular complexity index is 1130. The van der Waals surface area contributed by atoms with E-state index in [2.05, 4.69) is 30.1 Å². The van der Waals surface area contributed by atoms with Gasteiger partial charge in [0, 0.05) is 68.7 Å². The van der Waals surface area contributed by atoms with E-state index in [0.29, 0.717) is 43.5 Å². The van der Waals surface area contributed by atoms with Gasteiger partial charge in [-0.05, 0) is 18.2 Å². The van der Waals surface area contributed by atoms with E-state index < -0.39 is 0 Å². The molecule has 30 heavy (non-hydrogen) atoms. The number of carbonyl (C=O) groups excluding carboxylic acids is 1. The van der Waals surface area contributed by atoms with Gasteiger partial charge in [-0.2, -0.15) is 5.10 Å². The molecule has 1 aliphatic rings. The molecule has 0 aliphatic carbocycles. The van der Waals surface area contributed by atoms with Gasteiger partial charge in [0.25, 0.3) is 5.91 Å². The van der Waals surface area contributed by atoms with Crippen LogP contribution in [0.15, 0.2) is 66.0 Å². The molecule has 4 aromatic rings. The molecule has 150 valence electrons. The summed E-state index contributed by atoms with van der Waals surface area (Å²) in [7, 11) is 0. The summed E-state index contributed by atoms with van der Waals surface area (Å²) in [5.41, 5.74) is 1.08. The molecule has 10 nitrogen and oxygen atoms in total. The highest BCUT2D eigenvalue weighted by Gasteiger charge is 2.25. The third kappa shape index (κ3) is 3.50. The number of anilines is 1. The standard InChI is InChI=1S/C20H18N8O2/c29-20(16-11-17(30-25-16)15-3-1-4-21-13-15)27-9-7-26(8-10-27)18-12-19(23-14-22-18)28-6-2-5-24-28/h1-6,11-14H,7-10H2. The fourth-order valence-corrected chi connectivity index (χ4v) is 3.36. The molecular formula is C20H18N8O2. The van der Waals surface area contributed by atoms with E-state index in [-0.39, 0.29) is 5.91 Å². The molecule has 0 N–H and O–H groups in total. The topological polar surface area (TPSA) is 106 Å². The molecule has 0 atom stereocenters. The average Bonchev–Trinajstić information content (AvgIpc) is 3.52. The van der Waals surface area contributed by atoms with E-state index in [1.54, 1.807) is 34.2 Å². The summed E-state index contributed by atoms with van der Waals surface area (Å²) in [5.74, 6) is 1.89. The summed E-state index contributed by atoms with van der Waals surface area (Å²) < 4.78 is 7.02. The second-order valence-electron chi connectivity index (χ2n) is 6.78. The van der Waals surface area contributed by atoms with Crippen LogP contribution in [0.1, 0.15) is 10.5 Å². The molecule has 5 heterocycles. The second-order valence-corrected chi connectivity index (χ2v) is 6.78. The van der Waals surface area contributed by atoms with Crippen LogP contribution in [0.2, 0.25) is 0 Å². The number of aromatic nitrogens is 6. The summed E-state index contributed by atoms with van der Waals surface area (Å²) in [6, 6.07) is 9.06. The Balaban J connectivity index is 1.25. The molecule has 0 spiro atoms. The Hall–Kier alpha value is -4.08. The van der Waals surface area contributed by atoms with Crippen molar-refractivity contribution in [1.82, 2.24) is 34.8 Å². The van der Waals surface area contributed by atoms with Crippen molar-refractivity contribution in [3.05, 3.63) is 67.1 Å². The van der Waals surface area contributed by atoms with Gasteiger partial charge in [-0.25, -0.2) is 14.6 Å². The number of carbonyl (C=O) groups is 1. The van der Waals surface area contributed by atoms with E-state index in [1.165, 1.54) is 6.33 Å². The molecule has 1 fully saturated rings. The smallest absolute Gasteiger partial charge is 0.276 e. The first kappa shape index (κ1) is 18.0. The maximum Gasteiger partial charge on any atom is 0.276 e. The van der Waals surface area contributed by atoms with E-state index in [1.807, 2.05) is 30.5 Å². The highest BCUT2D eigenvalue weighted by Crippen LogP contribution is 2.21. The summed E-state index contributed by atoms with van der Waals surface area (Å²) in [6.45, 7) is 2.45. The Labute approximate surface area is 171 Å². The molecule has 0 bridgehead atoms. The molecule has 10 heteroatoms. The fourth-order valence-electron chi connectivity index (χ4n) is 3.36. The number of pyridine rings is 1. The monoisotopic (exact) mass is 402 g/mol. The van der Waals surface area contributed by atoms with E-state index >= 15 is 0 Å². The van der Waals surface area contributed by atoms with Gasteiger partial charge in [0.1, 0.15) is 12.1 Å². The van der Waals surface area contributed by atoms with Crippen LogP contribution in [0.25, 0.3) is 17.1 Å².